The fourth-order valence-electron chi connectivity index (χ4n) is 4.03. The highest BCUT2D eigenvalue weighted by Crippen LogP contribution is 2.39. The molecule has 1 N–H and O–H groups in total. The van der Waals surface area contributed by atoms with E-state index in [0.29, 0.717) is 18.0 Å². The highest BCUT2D eigenvalue weighted by Gasteiger charge is 2.32. The van der Waals surface area contributed by atoms with Gasteiger partial charge in [0.25, 0.3) is 11.8 Å². The van der Waals surface area contributed by atoms with Gasteiger partial charge in [0.1, 0.15) is 24.1 Å². The molecular weight excluding hydrogens is 406 g/mol. The summed E-state index contributed by atoms with van der Waals surface area (Å²) in [6.45, 7) is 2.64. The van der Waals surface area contributed by atoms with Crippen molar-refractivity contribution >= 4 is 28.9 Å². The Labute approximate surface area is 185 Å². The number of imidazole rings is 1. The Morgan fingerprint density at radius 3 is 2.88 bits per heavy atom. The zero-order chi connectivity index (χ0) is 22.2. The fraction of sp³-hybridized carbons (Fsp3) is 0.250. The summed E-state index contributed by atoms with van der Waals surface area (Å²) >= 11 is 0. The molecule has 8 heteroatoms. The molecule has 8 nitrogen and oxygen atoms in total. The van der Waals surface area contributed by atoms with Crippen molar-refractivity contribution in [3.8, 4) is 5.75 Å². The van der Waals surface area contributed by atoms with Crippen LogP contribution >= 0.6 is 0 Å². The van der Waals surface area contributed by atoms with Crippen molar-refractivity contribution in [3.63, 3.8) is 0 Å². The van der Waals surface area contributed by atoms with Gasteiger partial charge in [0, 0.05) is 31.9 Å². The molecule has 0 saturated carbocycles. The van der Waals surface area contributed by atoms with Gasteiger partial charge >= 0.3 is 0 Å². The highest BCUT2D eigenvalue weighted by molar-refractivity contribution is 6.03. The van der Waals surface area contributed by atoms with Crippen LogP contribution < -0.4 is 15.0 Å². The molecular formula is C24H23N5O3. The summed E-state index contributed by atoms with van der Waals surface area (Å²) in [5.41, 5.74) is 4.98. The van der Waals surface area contributed by atoms with E-state index in [9.17, 15) is 9.59 Å². The minimum atomic E-state index is -0.820. The first kappa shape index (κ1) is 20.0. The van der Waals surface area contributed by atoms with Gasteiger partial charge in [0.2, 0.25) is 0 Å². The Kier molecular flexibility index (Phi) is 4.97. The molecule has 0 radical (unpaired) electrons. The minimum absolute atomic E-state index is 0.0469. The van der Waals surface area contributed by atoms with Gasteiger partial charge in [-0.2, -0.15) is 0 Å². The van der Waals surface area contributed by atoms with Crippen LogP contribution in [-0.4, -0.2) is 46.8 Å². The Morgan fingerprint density at radius 1 is 1.25 bits per heavy atom. The van der Waals surface area contributed by atoms with Crippen LogP contribution in [-0.2, 0) is 17.8 Å². The quantitative estimate of drug-likeness (QED) is 0.691. The van der Waals surface area contributed by atoms with E-state index in [1.807, 2.05) is 54.0 Å². The maximum atomic E-state index is 13.1. The molecule has 0 aliphatic carbocycles. The van der Waals surface area contributed by atoms with Crippen LogP contribution in [0.2, 0.25) is 0 Å². The summed E-state index contributed by atoms with van der Waals surface area (Å²) < 4.78 is 7.76. The Morgan fingerprint density at radius 2 is 2.06 bits per heavy atom. The number of hydrogen-bond acceptors (Lipinski definition) is 5. The first-order valence-corrected chi connectivity index (χ1v) is 10.5. The number of ether oxygens (including phenoxy) is 1. The lowest BCUT2D eigenvalue weighted by Gasteiger charge is -2.20. The fourth-order valence-corrected chi connectivity index (χ4v) is 4.03. The molecule has 0 unspecified atom stereocenters. The lowest BCUT2D eigenvalue weighted by Crippen LogP contribution is -2.49. The average Bonchev–Trinajstić information content (AvgIpc) is 3.38. The Bertz CT molecular complexity index is 1230. The monoisotopic (exact) mass is 429 g/mol. The number of likely N-dealkylation sites (N-methyl/N-ethyl adjacent to an activating group) is 1. The van der Waals surface area contributed by atoms with Crippen LogP contribution in [0.1, 0.15) is 28.5 Å². The molecule has 0 spiro atoms. The van der Waals surface area contributed by atoms with Crippen molar-refractivity contribution < 1.29 is 14.3 Å². The van der Waals surface area contributed by atoms with Crippen LogP contribution in [0.15, 0.2) is 60.0 Å². The van der Waals surface area contributed by atoms with Crippen molar-refractivity contribution in [2.75, 3.05) is 18.6 Å². The van der Waals surface area contributed by atoms with E-state index in [0.717, 1.165) is 28.9 Å². The van der Waals surface area contributed by atoms with E-state index >= 15 is 0 Å². The highest BCUT2D eigenvalue weighted by atomic mass is 16.5. The average molecular weight is 429 g/mol. The van der Waals surface area contributed by atoms with Gasteiger partial charge in [-0.05, 0) is 30.2 Å². The molecule has 2 aliphatic heterocycles. The first-order valence-electron chi connectivity index (χ1n) is 10.5. The molecule has 1 aromatic heterocycles. The number of aliphatic imine (C=N–C) groups is 1. The zero-order valence-corrected chi connectivity index (χ0v) is 17.9. The van der Waals surface area contributed by atoms with Crippen LogP contribution in [0.4, 0.5) is 11.4 Å². The summed E-state index contributed by atoms with van der Waals surface area (Å²) in [5, 5.41) is 2.77. The van der Waals surface area contributed by atoms with Crippen LogP contribution in [0.3, 0.4) is 0 Å². The van der Waals surface area contributed by atoms with Gasteiger partial charge < -0.3 is 19.5 Å². The number of anilines is 1. The van der Waals surface area contributed by atoms with Gasteiger partial charge in [-0.15, -0.1) is 0 Å². The molecule has 2 aromatic carbocycles. The molecule has 0 fully saturated rings. The number of amides is 2. The second-order valence-corrected chi connectivity index (χ2v) is 8.12. The van der Waals surface area contributed by atoms with E-state index in [2.05, 4.69) is 15.3 Å². The van der Waals surface area contributed by atoms with Crippen molar-refractivity contribution in [2.45, 2.75) is 25.9 Å². The van der Waals surface area contributed by atoms with E-state index < -0.39 is 11.9 Å². The van der Waals surface area contributed by atoms with Crippen molar-refractivity contribution in [1.29, 1.82) is 0 Å². The SMILES string of the molecule is CC1=Nc2cc3c(cc2C1)OC[C@H](NC(=O)c1cn(Cc2ccccc2)cn1)C(=O)N3C. The van der Waals surface area contributed by atoms with Crippen molar-refractivity contribution in [2.24, 2.45) is 4.99 Å². The zero-order valence-electron chi connectivity index (χ0n) is 17.9. The molecule has 32 heavy (non-hydrogen) atoms. The predicted octanol–water partition coefficient (Wildman–Crippen LogP) is 2.73. The molecule has 1 atom stereocenters. The van der Waals surface area contributed by atoms with Crippen LogP contribution in [0, 0.1) is 0 Å². The molecule has 2 amide bonds. The van der Waals surface area contributed by atoms with Gasteiger partial charge in [-0.1, -0.05) is 30.3 Å². The maximum absolute atomic E-state index is 13.1. The number of hydrogen-bond donors (Lipinski definition) is 1. The lowest BCUT2D eigenvalue weighted by molar-refractivity contribution is -0.120. The van der Waals surface area contributed by atoms with Gasteiger partial charge in [0.15, 0.2) is 0 Å². The topological polar surface area (TPSA) is 88.8 Å². The molecule has 5 rings (SSSR count). The smallest absolute Gasteiger partial charge is 0.272 e. The number of rotatable bonds is 4. The summed E-state index contributed by atoms with van der Waals surface area (Å²) in [7, 11) is 1.68. The first-order chi connectivity index (χ1) is 15.5. The summed E-state index contributed by atoms with van der Waals surface area (Å²) in [5.74, 6) is -0.0475. The third-order valence-corrected chi connectivity index (χ3v) is 5.69. The second-order valence-electron chi connectivity index (χ2n) is 8.12. The number of nitrogens with one attached hydrogen (secondary N) is 1. The normalized spacial score (nSPS) is 17.2. The lowest BCUT2D eigenvalue weighted by atomic mass is 10.1. The van der Waals surface area contributed by atoms with E-state index in [-0.39, 0.29) is 18.2 Å². The van der Waals surface area contributed by atoms with E-state index in [4.69, 9.17) is 4.74 Å². The number of carbonyl (C=O) groups is 2. The predicted molar refractivity (Wildman–Crippen MR) is 121 cm³/mol. The van der Waals surface area contributed by atoms with Gasteiger partial charge in [0.05, 0.1) is 17.7 Å². The Balaban J connectivity index is 1.30. The summed E-state index contributed by atoms with van der Waals surface area (Å²) in [6.07, 6.45) is 4.06. The second kappa shape index (κ2) is 7.96. The summed E-state index contributed by atoms with van der Waals surface area (Å²) in [4.78, 5) is 36.1. The maximum Gasteiger partial charge on any atom is 0.272 e. The van der Waals surface area contributed by atoms with Crippen LogP contribution in [0.25, 0.3) is 0 Å². The number of fused-ring (bicyclic) bond motifs is 2. The van der Waals surface area contributed by atoms with E-state index in [1.54, 1.807) is 19.6 Å². The van der Waals surface area contributed by atoms with Crippen molar-refractivity contribution in [3.05, 3.63) is 71.8 Å². The summed E-state index contributed by atoms with van der Waals surface area (Å²) in [6, 6.07) is 12.9. The molecule has 3 heterocycles. The number of aromatic nitrogens is 2. The molecule has 0 bridgehead atoms. The number of benzene rings is 2. The van der Waals surface area contributed by atoms with Crippen LogP contribution in [0.5, 0.6) is 5.75 Å². The van der Waals surface area contributed by atoms with Crippen molar-refractivity contribution in [1.82, 2.24) is 14.9 Å². The third-order valence-electron chi connectivity index (χ3n) is 5.69. The third kappa shape index (κ3) is 3.75. The molecule has 2 aliphatic rings. The molecule has 162 valence electrons. The molecule has 3 aromatic rings. The largest absolute Gasteiger partial charge is 0.489 e. The number of carbonyl (C=O) groups excluding carboxylic acids is 2. The molecule has 0 saturated heterocycles. The minimum Gasteiger partial charge on any atom is -0.489 e. The van der Waals surface area contributed by atoms with E-state index in [1.165, 1.54) is 4.90 Å². The number of nitrogens with zero attached hydrogens (tertiary/aromatic N) is 4. The standard InChI is InChI=1S/C24H23N5O3/c1-15-8-17-9-22-21(10-18(17)26-15)28(2)24(31)20(13-32-22)27-23(30)19-12-29(14-25-19)11-16-6-4-3-5-7-16/h3-7,9-10,12,14,20H,8,11,13H2,1-2H3,(H,27,30)/t20-/m0/s1. The Hall–Kier alpha value is -3.94. The van der Waals surface area contributed by atoms with Gasteiger partial charge in [-0.3, -0.25) is 14.6 Å². The van der Waals surface area contributed by atoms with Gasteiger partial charge in [-0.25, -0.2) is 4.98 Å².